The normalized spacial score (nSPS) is 12.6. The molecule has 0 unspecified atom stereocenters. The number of carbonyl (C=O) groups is 1. The van der Waals surface area contributed by atoms with Crippen molar-refractivity contribution in [2.45, 2.75) is 33.5 Å². The van der Waals surface area contributed by atoms with Crippen molar-refractivity contribution in [3.63, 3.8) is 0 Å². The van der Waals surface area contributed by atoms with E-state index in [9.17, 15) is 19.3 Å². The van der Waals surface area contributed by atoms with Crippen molar-refractivity contribution in [2.75, 3.05) is 12.4 Å². The number of furan rings is 1. The Kier molecular flexibility index (Phi) is 7.91. The van der Waals surface area contributed by atoms with Crippen LogP contribution < -0.4 is 22.8 Å². The lowest BCUT2D eigenvalue weighted by Crippen LogP contribution is -2.58. The molecule has 13 heteroatoms. The van der Waals surface area contributed by atoms with Gasteiger partial charge in [-0.05, 0) is 48.9 Å². The lowest BCUT2D eigenvalue weighted by molar-refractivity contribution is -0.147. The molecular formula is C25H25ClN6O6. The Labute approximate surface area is 220 Å². The summed E-state index contributed by atoms with van der Waals surface area (Å²) in [6, 6.07) is 13.4. The van der Waals surface area contributed by atoms with E-state index < -0.39 is 23.3 Å². The zero-order valence-electron chi connectivity index (χ0n) is 20.7. The number of hydrogen-bond acceptors (Lipinski definition) is 9. The Bertz CT molecular complexity index is 1680. The van der Waals surface area contributed by atoms with Crippen LogP contribution in [0.3, 0.4) is 0 Å². The predicted molar refractivity (Wildman–Crippen MR) is 140 cm³/mol. The van der Waals surface area contributed by atoms with Gasteiger partial charge >= 0.3 is 17.3 Å². The minimum atomic E-state index is -0.846. The van der Waals surface area contributed by atoms with Crippen LogP contribution in [0.25, 0.3) is 11.0 Å². The summed E-state index contributed by atoms with van der Waals surface area (Å²) in [7, 11) is 0. The molecule has 4 aromatic rings. The summed E-state index contributed by atoms with van der Waals surface area (Å²) in [5.74, 6) is 5.24. The molecular weight excluding hydrogens is 516 g/mol. The third kappa shape index (κ3) is 5.59. The van der Waals surface area contributed by atoms with Gasteiger partial charge in [0.2, 0.25) is 5.62 Å². The van der Waals surface area contributed by atoms with Crippen LogP contribution in [0.5, 0.6) is 0 Å². The molecule has 12 nitrogen and oxygen atoms in total. The van der Waals surface area contributed by atoms with Crippen molar-refractivity contribution in [3.05, 3.63) is 96.4 Å². The second kappa shape index (κ2) is 11.3. The van der Waals surface area contributed by atoms with Gasteiger partial charge in [-0.15, -0.1) is 0 Å². The number of nitrogens with two attached hydrogens (primary N) is 1. The first kappa shape index (κ1) is 26.6. The van der Waals surface area contributed by atoms with E-state index in [1.165, 1.54) is 4.57 Å². The summed E-state index contributed by atoms with van der Waals surface area (Å²) >= 11 is 6.01. The van der Waals surface area contributed by atoms with E-state index in [0.29, 0.717) is 33.0 Å². The van der Waals surface area contributed by atoms with Gasteiger partial charge in [0, 0.05) is 17.0 Å². The summed E-state index contributed by atoms with van der Waals surface area (Å²) < 4.78 is 13.5. The van der Waals surface area contributed by atoms with Crippen LogP contribution in [0.4, 0.5) is 5.69 Å². The molecule has 0 saturated carbocycles. The highest BCUT2D eigenvalue weighted by Crippen LogP contribution is 2.24. The highest BCUT2D eigenvalue weighted by atomic mass is 35.5. The van der Waals surface area contributed by atoms with Gasteiger partial charge in [0.05, 0.1) is 24.8 Å². The lowest BCUT2D eigenvalue weighted by Gasteiger charge is -2.16. The number of fused-ring (bicyclic) bond motifs is 1. The van der Waals surface area contributed by atoms with Gasteiger partial charge in [-0.25, -0.2) is 19.1 Å². The van der Waals surface area contributed by atoms with Gasteiger partial charge in [0.25, 0.3) is 0 Å². The van der Waals surface area contributed by atoms with Crippen molar-refractivity contribution in [1.29, 1.82) is 0 Å². The summed E-state index contributed by atoms with van der Waals surface area (Å²) in [5.41, 5.74) is -0.0682. The quantitative estimate of drug-likeness (QED) is 0.194. The molecule has 0 aliphatic carbocycles. The number of nitrogens with zero attached hydrogens (tertiary/aromatic N) is 5. The average Bonchev–Trinajstić information content (AvgIpc) is 3.30. The molecule has 198 valence electrons. The van der Waals surface area contributed by atoms with Crippen molar-refractivity contribution in [3.8, 4) is 0 Å². The fraction of sp³-hybridized carbons (Fsp3) is 0.280. The first-order valence-electron chi connectivity index (χ1n) is 11.7. The molecule has 2 N–H and O–H groups in total. The number of nitroso groups, excluding NO2 is 1. The average molecular weight is 541 g/mol. The Morgan fingerprint density at radius 3 is 2.53 bits per heavy atom. The largest absolute Gasteiger partial charge is 0.466 e. The van der Waals surface area contributed by atoms with Crippen LogP contribution in [-0.4, -0.2) is 26.4 Å². The molecule has 0 radical (unpaired) electrons. The second-order valence-electron chi connectivity index (χ2n) is 8.55. The molecule has 38 heavy (non-hydrogen) atoms. The molecule has 0 saturated heterocycles. The van der Waals surface area contributed by atoms with E-state index >= 15 is 0 Å². The number of benzene rings is 2. The van der Waals surface area contributed by atoms with Crippen LogP contribution in [0, 0.1) is 10.8 Å². The van der Waals surface area contributed by atoms with Gasteiger partial charge in [-0.1, -0.05) is 35.8 Å². The fourth-order valence-corrected chi connectivity index (χ4v) is 4.01. The van der Waals surface area contributed by atoms with Crippen molar-refractivity contribution in [2.24, 2.45) is 16.1 Å². The number of hydrogen-bond donors (Lipinski definition) is 1. The van der Waals surface area contributed by atoms with Gasteiger partial charge < -0.3 is 15.0 Å². The summed E-state index contributed by atoms with van der Waals surface area (Å²) in [6.45, 7) is 3.06. The molecule has 0 aliphatic heterocycles. The summed E-state index contributed by atoms with van der Waals surface area (Å²) in [6.07, 6.45) is 0. The first-order chi connectivity index (χ1) is 18.2. The van der Waals surface area contributed by atoms with E-state index in [1.54, 1.807) is 62.4 Å². The summed E-state index contributed by atoms with van der Waals surface area (Å²) in [4.78, 5) is 54.0. The van der Waals surface area contributed by atoms with E-state index in [-0.39, 0.29) is 31.9 Å². The Morgan fingerprint density at radius 2 is 1.84 bits per heavy atom. The Balaban J connectivity index is 1.89. The molecule has 0 bridgehead atoms. The molecule has 0 spiro atoms. The molecule has 2 heterocycles. The number of nitrogen functional groups attached to an aromatic ring is 1. The molecule has 0 fully saturated rings. The number of esters is 1. The maximum Gasteiger partial charge on any atom is 0.353 e. The minimum Gasteiger partial charge on any atom is -0.466 e. The van der Waals surface area contributed by atoms with E-state index in [4.69, 9.17) is 26.6 Å². The zero-order valence-corrected chi connectivity index (χ0v) is 21.4. The van der Waals surface area contributed by atoms with Gasteiger partial charge in [-0.2, -0.15) is 9.58 Å². The maximum absolute atomic E-state index is 13.6. The maximum atomic E-state index is 13.6. The molecule has 0 amide bonds. The van der Waals surface area contributed by atoms with Crippen LogP contribution in [0.2, 0.25) is 5.02 Å². The predicted octanol–water partition coefficient (Wildman–Crippen LogP) is 2.67. The zero-order chi connectivity index (χ0) is 27.4. The number of halogens is 1. The molecule has 1 atom stereocenters. The van der Waals surface area contributed by atoms with Crippen LogP contribution in [0.1, 0.15) is 25.2 Å². The third-order valence-corrected chi connectivity index (χ3v) is 6.01. The number of ether oxygens (including phenoxy) is 1. The van der Waals surface area contributed by atoms with E-state index in [0.717, 1.165) is 9.24 Å². The van der Waals surface area contributed by atoms with Crippen molar-refractivity contribution < 1.29 is 13.9 Å². The molecule has 4 rings (SSSR count). The van der Waals surface area contributed by atoms with E-state index in [2.05, 4.69) is 10.2 Å². The minimum absolute atomic E-state index is 0.0171. The standard InChI is InChI=1S/C25H25ClN6O6/c1-3-37-22(33)15(2)13-31-24(34)30(14-16-4-6-18(26)7-5-16)23(32(27)25(31)35)29-19-8-9-21-17(10-19)11-20(38-21)12-28-36/h4-11,15H,3,12-14,27H2,1-2H3/t15-/m0/s1. The van der Waals surface area contributed by atoms with Gasteiger partial charge in [0.1, 0.15) is 17.9 Å². The smallest absolute Gasteiger partial charge is 0.353 e. The number of rotatable bonds is 9. The molecule has 2 aromatic carbocycles. The van der Waals surface area contributed by atoms with Crippen LogP contribution >= 0.6 is 11.6 Å². The Morgan fingerprint density at radius 1 is 1.11 bits per heavy atom. The third-order valence-electron chi connectivity index (χ3n) is 5.76. The SMILES string of the molecule is CCOC(=O)[C@@H](C)Cn1c(=O)n(N)c(=Nc2ccc3oc(CN=O)cc3c2)n(Cc2ccc(Cl)cc2)c1=O. The van der Waals surface area contributed by atoms with Gasteiger partial charge in [-0.3, -0.25) is 9.36 Å². The highest BCUT2D eigenvalue weighted by Gasteiger charge is 2.20. The monoisotopic (exact) mass is 540 g/mol. The first-order valence-corrected chi connectivity index (χ1v) is 12.1. The number of carbonyl (C=O) groups excluding carboxylic acids is 1. The van der Waals surface area contributed by atoms with E-state index in [1.807, 2.05) is 0 Å². The highest BCUT2D eigenvalue weighted by molar-refractivity contribution is 6.30. The molecule has 0 aliphatic rings. The molecule has 2 aromatic heterocycles. The number of aromatic nitrogens is 3. The fourth-order valence-electron chi connectivity index (χ4n) is 3.89. The lowest BCUT2D eigenvalue weighted by atomic mass is 10.2. The van der Waals surface area contributed by atoms with Crippen molar-refractivity contribution in [1.82, 2.24) is 13.8 Å². The summed E-state index contributed by atoms with van der Waals surface area (Å²) in [5, 5.41) is 4.00. The second-order valence-corrected chi connectivity index (χ2v) is 8.98. The van der Waals surface area contributed by atoms with Gasteiger partial charge in [0.15, 0.2) is 0 Å². The Hall–Kier alpha value is -4.45. The van der Waals surface area contributed by atoms with Crippen molar-refractivity contribution >= 4 is 34.2 Å². The van der Waals surface area contributed by atoms with Crippen LogP contribution in [-0.2, 0) is 29.2 Å². The topological polar surface area (TPSA) is 156 Å². The van der Waals surface area contributed by atoms with Crippen LogP contribution in [0.15, 0.2) is 72.7 Å².